The fraction of sp³-hybridized carbons (Fsp3) is 0.571. The van der Waals surface area contributed by atoms with Crippen molar-refractivity contribution in [1.29, 1.82) is 0 Å². The van der Waals surface area contributed by atoms with E-state index >= 15 is 0 Å². The number of aryl methyl sites for hydroxylation is 1. The lowest BCUT2D eigenvalue weighted by atomic mass is 10.2. The van der Waals surface area contributed by atoms with Crippen molar-refractivity contribution in [1.82, 2.24) is 20.0 Å². The minimum Gasteiger partial charge on any atom is -0.339 e. The van der Waals surface area contributed by atoms with Crippen LogP contribution in [0.3, 0.4) is 0 Å². The molecule has 4 rings (SSSR count). The highest BCUT2D eigenvalue weighted by Gasteiger charge is 2.37. The van der Waals surface area contributed by atoms with E-state index in [1.165, 1.54) is 11.3 Å². The number of aromatic nitrogens is 3. The number of carbonyl (C=O) groups is 1. The van der Waals surface area contributed by atoms with Gasteiger partial charge < -0.3 is 9.42 Å². The molecule has 21 heavy (non-hydrogen) atoms. The first kappa shape index (κ1) is 12.9. The summed E-state index contributed by atoms with van der Waals surface area (Å²) in [6, 6.07) is -0.0600. The molecule has 2 aromatic rings. The average Bonchev–Trinajstić information content (AvgIpc) is 2.94. The fourth-order valence-corrected chi connectivity index (χ4v) is 3.55. The molecule has 0 radical (unpaired) electrons. The van der Waals surface area contributed by atoms with E-state index in [1.54, 1.807) is 5.51 Å². The van der Waals surface area contributed by atoms with Crippen LogP contribution in [0.2, 0.25) is 0 Å². The van der Waals surface area contributed by atoms with Gasteiger partial charge in [0.2, 0.25) is 5.89 Å². The van der Waals surface area contributed by atoms with E-state index in [-0.39, 0.29) is 11.9 Å². The van der Waals surface area contributed by atoms with Crippen LogP contribution >= 0.6 is 11.3 Å². The van der Waals surface area contributed by atoms with Crippen molar-refractivity contribution in [3.8, 4) is 0 Å². The summed E-state index contributed by atoms with van der Waals surface area (Å²) in [5, 5.41) is 4.10. The third kappa shape index (κ3) is 2.25. The Bertz CT molecular complexity index is 676. The van der Waals surface area contributed by atoms with E-state index in [9.17, 15) is 4.79 Å². The van der Waals surface area contributed by atoms with E-state index < -0.39 is 0 Å². The molecule has 1 saturated heterocycles. The highest BCUT2D eigenvalue weighted by atomic mass is 32.1. The van der Waals surface area contributed by atoms with E-state index in [4.69, 9.17) is 4.52 Å². The number of hydrogen-bond acceptors (Lipinski definition) is 6. The molecule has 0 N–H and O–H groups in total. The summed E-state index contributed by atoms with van der Waals surface area (Å²) >= 11 is 1.40. The lowest BCUT2D eigenvalue weighted by Gasteiger charge is -2.21. The summed E-state index contributed by atoms with van der Waals surface area (Å²) in [4.78, 5) is 23.9. The molecule has 7 heteroatoms. The van der Waals surface area contributed by atoms with Crippen molar-refractivity contribution in [2.24, 2.45) is 0 Å². The number of likely N-dealkylation sites (tertiary alicyclic amines) is 1. The molecule has 1 amide bonds. The van der Waals surface area contributed by atoms with Crippen LogP contribution in [0.5, 0.6) is 0 Å². The quantitative estimate of drug-likeness (QED) is 0.871. The second-order valence-electron chi connectivity index (χ2n) is 5.69. The minimum absolute atomic E-state index is 0.0373. The molecular weight excluding hydrogens is 288 g/mol. The number of amides is 1. The standard InChI is InChI=1S/C14H16N4O2S/c1-8-11(21-7-15-8)14(19)18-6-2-3-10(18)12-16-13(20-17-12)9-4-5-9/h7,9-10H,2-6H2,1H3/t10-/m0/s1. The molecule has 6 nitrogen and oxygen atoms in total. The van der Waals surface area contributed by atoms with Crippen LogP contribution in [0, 0.1) is 6.92 Å². The smallest absolute Gasteiger partial charge is 0.266 e. The first-order valence-corrected chi connectivity index (χ1v) is 8.16. The van der Waals surface area contributed by atoms with E-state index in [0.29, 0.717) is 16.6 Å². The van der Waals surface area contributed by atoms with Crippen LogP contribution in [0.4, 0.5) is 0 Å². The minimum atomic E-state index is -0.0600. The lowest BCUT2D eigenvalue weighted by molar-refractivity contribution is 0.0732. The van der Waals surface area contributed by atoms with Crippen molar-refractivity contribution >= 4 is 17.2 Å². The molecule has 110 valence electrons. The average molecular weight is 304 g/mol. The Morgan fingerprint density at radius 1 is 1.43 bits per heavy atom. The van der Waals surface area contributed by atoms with E-state index in [0.717, 1.165) is 43.8 Å². The SMILES string of the molecule is Cc1ncsc1C(=O)N1CCC[C@H]1c1noc(C2CC2)n1. The van der Waals surface area contributed by atoms with E-state index in [1.807, 2.05) is 11.8 Å². The molecule has 2 aliphatic rings. The van der Waals surface area contributed by atoms with Gasteiger partial charge in [-0.05, 0) is 32.6 Å². The predicted molar refractivity (Wildman–Crippen MR) is 76.1 cm³/mol. The summed E-state index contributed by atoms with van der Waals surface area (Å²) < 4.78 is 5.33. The Kier molecular flexibility index (Phi) is 3.02. The van der Waals surface area contributed by atoms with Crippen LogP contribution in [0.1, 0.15) is 64.7 Å². The molecule has 1 aliphatic carbocycles. The molecule has 3 heterocycles. The second-order valence-corrected chi connectivity index (χ2v) is 6.54. The zero-order valence-corrected chi connectivity index (χ0v) is 12.6. The van der Waals surface area contributed by atoms with Crippen molar-refractivity contribution in [3.63, 3.8) is 0 Å². The van der Waals surface area contributed by atoms with Gasteiger partial charge in [-0.15, -0.1) is 11.3 Å². The van der Waals surface area contributed by atoms with Gasteiger partial charge in [-0.3, -0.25) is 4.79 Å². The molecule has 0 bridgehead atoms. The van der Waals surface area contributed by atoms with Crippen molar-refractivity contribution < 1.29 is 9.32 Å². The highest BCUT2D eigenvalue weighted by molar-refractivity contribution is 7.11. The number of carbonyl (C=O) groups excluding carboxylic acids is 1. The van der Waals surface area contributed by atoms with Gasteiger partial charge in [0.1, 0.15) is 4.88 Å². The third-order valence-electron chi connectivity index (χ3n) is 4.14. The van der Waals surface area contributed by atoms with Crippen molar-refractivity contribution in [2.75, 3.05) is 6.54 Å². The Morgan fingerprint density at radius 3 is 3.00 bits per heavy atom. The molecule has 0 aromatic carbocycles. The molecule has 2 aromatic heterocycles. The Hall–Kier alpha value is -1.76. The summed E-state index contributed by atoms with van der Waals surface area (Å²) in [6.45, 7) is 2.61. The van der Waals surface area contributed by atoms with Gasteiger partial charge in [-0.2, -0.15) is 4.98 Å². The Morgan fingerprint density at radius 2 is 2.29 bits per heavy atom. The van der Waals surface area contributed by atoms with Gasteiger partial charge >= 0.3 is 0 Å². The lowest BCUT2D eigenvalue weighted by Crippen LogP contribution is -2.31. The molecule has 1 atom stereocenters. The third-order valence-corrected chi connectivity index (χ3v) is 5.05. The number of hydrogen-bond donors (Lipinski definition) is 0. The van der Waals surface area contributed by atoms with Gasteiger partial charge in [0, 0.05) is 12.5 Å². The van der Waals surface area contributed by atoms with Crippen LogP contribution in [0.25, 0.3) is 0 Å². The molecule has 1 saturated carbocycles. The monoisotopic (exact) mass is 304 g/mol. The fourth-order valence-electron chi connectivity index (χ4n) is 2.79. The molecule has 0 spiro atoms. The Balaban J connectivity index is 1.59. The largest absolute Gasteiger partial charge is 0.339 e. The summed E-state index contributed by atoms with van der Waals surface area (Å²) in [7, 11) is 0. The maximum absolute atomic E-state index is 12.7. The van der Waals surface area contributed by atoms with Gasteiger partial charge in [0.15, 0.2) is 5.82 Å². The molecule has 2 fully saturated rings. The maximum Gasteiger partial charge on any atom is 0.266 e. The van der Waals surface area contributed by atoms with Gasteiger partial charge in [0.25, 0.3) is 5.91 Å². The molecule has 0 unspecified atom stereocenters. The maximum atomic E-state index is 12.7. The highest BCUT2D eigenvalue weighted by Crippen LogP contribution is 2.40. The summed E-state index contributed by atoms with van der Waals surface area (Å²) in [6.07, 6.45) is 4.14. The molecule has 1 aliphatic heterocycles. The first-order valence-electron chi connectivity index (χ1n) is 7.28. The Labute approximate surface area is 126 Å². The summed E-state index contributed by atoms with van der Waals surface area (Å²) in [5.74, 6) is 1.87. The predicted octanol–water partition coefficient (Wildman–Crippen LogP) is 2.69. The van der Waals surface area contributed by atoms with Crippen LogP contribution in [-0.4, -0.2) is 32.5 Å². The molecular formula is C14H16N4O2S. The zero-order chi connectivity index (χ0) is 14.4. The van der Waals surface area contributed by atoms with Crippen molar-refractivity contribution in [2.45, 2.75) is 44.6 Å². The zero-order valence-electron chi connectivity index (χ0n) is 11.8. The topological polar surface area (TPSA) is 72.1 Å². The van der Waals surface area contributed by atoms with Gasteiger partial charge in [-0.25, -0.2) is 4.98 Å². The van der Waals surface area contributed by atoms with Crippen LogP contribution in [-0.2, 0) is 0 Å². The number of rotatable bonds is 3. The van der Waals surface area contributed by atoms with Crippen LogP contribution < -0.4 is 0 Å². The first-order chi connectivity index (χ1) is 10.2. The van der Waals surface area contributed by atoms with Gasteiger partial charge in [0.05, 0.1) is 17.2 Å². The number of nitrogens with zero attached hydrogens (tertiary/aromatic N) is 4. The number of thiazole rings is 1. The van der Waals surface area contributed by atoms with E-state index in [2.05, 4.69) is 15.1 Å². The van der Waals surface area contributed by atoms with Crippen LogP contribution in [0.15, 0.2) is 10.0 Å². The summed E-state index contributed by atoms with van der Waals surface area (Å²) in [5.41, 5.74) is 2.51. The second kappa shape index (κ2) is 4.91. The van der Waals surface area contributed by atoms with Crippen molar-refractivity contribution in [3.05, 3.63) is 27.8 Å². The normalized spacial score (nSPS) is 22.0. The van der Waals surface area contributed by atoms with Gasteiger partial charge in [-0.1, -0.05) is 5.16 Å².